The van der Waals surface area contributed by atoms with Crippen LogP contribution < -0.4 is 16.0 Å². The lowest BCUT2D eigenvalue weighted by molar-refractivity contribution is -0.244. The molecule has 1 N–H and O–H groups in total. The molecule has 11 heteroatoms. The van der Waals surface area contributed by atoms with Gasteiger partial charge in [-0.1, -0.05) is 0 Å². The minimum Gasteiger partial charge on any atom is -0.370 e. The number of alkyl halides is 3. The summed E-state index contributed by atoms with van der Waals surface area (Å²) in [7, 11) is 1.61. The number of hydrogen-bond acceptors (Lipinski definition) is 6. The van der Waals surface area contributed by atoms with Crippen molar-refractivity contribution in [3.8, 4) is 0 Å². The van der Waals surface area contributed by atoms with Gasteiger partial charge in [-0.3, -0.25) is 14.2 Å². The summed E-state index contributed by atoms with van der Waals surface area (Å²) in [6, 6.07) is 5.02. The molecule has 0 aromatic carbocycles. The summed E-state index contributed by atoms with van der Waals surface area (Å²) in [5, 5.41) is 0.307. The monoisotopic (exact) mass is 501 g/mol. The molecule has 1 saturated heterocycles. The Labute approximate surface area is 204 Å². The smallest absolute Gasteiger partial charge is 0.370 e. The molecule has 8 nitrogen and oxygen atoms in total. The van der Waals surface area contributed by atoms with Crippen LogP contribution in [0.4, 0.5) is 19.0 Å². The number of aromatic nitrogens is 4. The summed E-state index contributed by atoms with van der Waals surface area (Å²) >= 11 is 0. The number of halogens is 3. The number of hydrogen-bond donors (Lipinski definition) is 1. The van der Waals surface area contributed by atoms with Gasteiger partial charge in [-0.15, -0.1) is 0 Å². The van der Waals surface area contributed by atoms with Gasteiger partial charge in [0, 0.05) is 44.4 Å². The molecule has 0 spiro atoms. The molecule has 4 aliphatic rings. The van der Waals surface area contributed by atoms with Crippen molar-refractivity contribution in [2.24, 2.45) is 18.4 Å². The maximum absolute atomic E-state index is 13.8. The number of aromatic amines is 1. The van der Waals surface area contributed by atoms with Crippen LogP contribution in [0.25, 0.3) is 10.9 Å². The molecule has 1 aliphatic heterocycles. The zero-order valence-electron chi connectivity index (χ0n) is 19.9. The highest BCUT2D eigenvalue weighted by Gasteiger charge is 2.69. The third-order valence-corrected chi connectivity index (χ3v) is 8.30. The van der Waals surface area contributed by atoms with E-state index in [1.807, 2.05) is 4.90 Å². The first-order valence-electron chi connectivity index (χ1n) is 12.1. The number of H-pyrrole nitrogens is 1. The fraction of sp³-hybridized carbons (Fsp3) is 0.520. The normalized spacial score (nSPS) is 27.9. The average molecular weight is 502 g/mol. The Kier molecular flexibility index (Phi) is 5.09. The summed E-state index contributed by atoms with van der Waals surface area (Å²) in [6.45, 7) is 3.04. The van der Waals surface area contributed by atoms with Crippen molar-refractivity contribution in [1.29, 1.82) is 0 Å². The van der Waals surface area contributed by atoms with Crippen LogP contribution in [0.1, 0.15) is 48.4 Å². The topological polar surface area (TPSA) is 93.1 Å². The Hall–Kier alpha value is -3.21. The van der Waals surface area contributed by atoms with Gasteiger partial charge in [0.2, 0.25) is 5.56 Å². The lowest BCUT2D eigenvalue weighted by Crippen LogP contribution is -2.42. The molecule has 190 valence electrons. The van der Waals surface area contributed by atoms with Crippen LogP contribution in [0.5, 0.6) is 0 Å². The fourth-order valence-electron chi connectivity index (χ4n) is 6.21. The Morgan fingerprint density at radius 3 is 2.64 bits per heavy atom. The number of nitrogens with zero attached hydrogens (tertiary/aromatic N) is 4. The molecule has 2 atom stereocenters. The van der Waals surface area contributed by atoms with Crippen molar-refractivity contribution in [3.05, 3.63) is 62.2 Å². The highest BCUT2D eigenvalue weighted by atomic mass is 19.4. The number of morpholine rings is 1. The zero-order valence-corrected chi connectivity index (χ0v) is 19.9. The third kappa shape index (κ3) is 3.47. The van der Waals surface area contributed by atoms with Gasteiger partial charge in [0.25, 0.3) is 5.56 Å². The first kappa shape index (κ1) is 23.2. The molecular formula is C25H26F3N5O3. The summed E-state index contributed by atoms with van der Waals surface area (Å²) in [4.78, 5) is 39.1. The van der Waals surface area contributed by atoms with Gasteiger partial charge in [0.1, 0.15) is 17.7 Å². The maximum Gasteiger partial charge on any atom is 0.394 e. The van der Waals surface area contributed by atoms with Crippen LogP contribution in [0, 0.1) is 18.3 Å². The summed E-state index contributed by atoms with van der Waals surface area (Å²) in [5.74, 6) is 0.468. The first-order chi connectivity index (χ1) is 17.1. The average Bonchev–Trinajstić information content (AvgIpc) is 3.40. The van der Waals surface area contributed by atoms with Crippen molar-refractivity contribution in [2.75, 3.05) is 24.6 Å². The SMILES string of the molecule is Cc1nc2cc(N3CCOC(c4cc[nH]c(=O)c4)C3)nc([C@@H]3CC4(C(F)(F)F)CC3C4)c2c(=O)n1C. The highest BCUT2D eigenvalue weighted by Crippen LogP contribution is 2.70. The first-order valence-corrected chi connectivity index (χ1v) is 12.1. The molecule has 3 aromatic rings. The van der Waals surface area contributed by atoms with Crippen molar-refractivity contribution in [2.45, 2.75) is 44.4 Å². The molecule has 1 unspecified atom stereocenters. The lowest BCUT2D eigenvalue weighted by Gasteiger charge is -2.39. The number of ether oxygens (including phenoxy) is 1. The number of fused-ring (bicyclic) bond motifs is 2. The van der Waals surface area contributed by atoms with Crippen LogP contribution in [0.3, 0.4) is 0 Å². The molecule has 4 heterocycles. The van der Waals surface area contributed by atoms with Crippen LogP contribution in [-0.2, 0) is 11.8 Å². The Bertz CT molecular complexity index is 1470. The summed E-state index contributed by atoms with van der Waals surface area (Å²) in [5.41, 5.74) is -0.603. The predicted molar refractivity (Wildman–Crippen MR) is 126 cm³/mol. The van der Waals surface area contributed by atoms with E-state index in [9.17, 15) is 22.8 Å². The highest BCUT2D eigenvalue weighted by molar-refractivity contribution is 5.83. The van der Waals surface area contributed by atoms with E-state index < -0.39 is 17.5 Å². The van der Waals surface area contributed by atoms with E-state index in [4.69, 9.17) is 9.72 Å². The van der Waals surface area contributed by atoms with E-state index in [1.165, 1.54) is 10.6 Å². The molecule has 36 heavy (non-hydrogen) atoms. The number of anilines is 1. The van der Waals surface area contributed by atoms with Gasteiger partial charge in [0.15, 0.2) is 0 Å². The Morgan fingerprint density at radius 1 is 1.17 bits per heavy atom. The molecule has 7 rings (SSSR count). The Balaban J connectivity index is 1.44. The second kappa shape index (κ2) is 7.89. The maximum atomic E-state index is 13.8. The van der Waals surface area contributed by atoms with Crippen LogP contribution >= 0.6 is 0 Å². The van der Waals surface area contributed by atoms with Gasteiger partial charge in [0.05, 0.1) is 28.6 Å². The third-order valence-electron chi connectivity index (χ3n) is 8.30. The second-order valence-corrected chi connectivity index (χ2v) is 10.3. The van der Waals surface area contributed by atoms with Gasteiger partial charge in [-0.05, 0) is 43.7 Å². The van der Waals surface area contributed by atoms with Crippen LogP contribution in [-0.4, -0.2) is 45.4 Å². The van der Waals surface area contributed by atoms with E-state index in [1.54, 1.807) is 32.3 Å². The molecule has 4 fully saturated rings. The Morgan fingerprint density at radius 2 is 1.94 bits per heavy atom. The molecule has 3 aliphatic carbocycles. The summed E-state index contributed by atoms with van der Waals surface area (Å²) < 4.78 is 48.8. The molecule has 3 saturated carbocycles. The van der Waals surface area contributed by atoms with Gasteiger partial charge in [-0.2, -0.15) is 13.2 Å². The quantitative estimate of drug-likeness (QED) is 0.592. The van der Waals surface area contributed by atoms with E-state index in [0.29, 0.717) is 47.9 Å². The number of nitrogens with one attached hydrogen (secondary N) is 1. The predicted octanol–water partition coefficient (Wildman–Crippen LogP) is 3.35. The van der Waals surface area contributed by atoms with E-state index >= 15 is 0 Å². The molecule has 2 bridgehead atoms. The van der Waals surface area contributed by atoms with Gasteiger partial charge < -0.3 is 14.6 Å². The van der Waals surface area contributed by atoms with E-state index in [0.717, 1.165) is 5.56 Å². The van der Waals surface area contributed by atoms with Crippen molar-refractivity contribution in [3.63, 3.8) is 0 Å². The van der Waals surface area contributed by atoms with Crippen molar-refractivity contribution < 1.29 is 17.9 Å². The number of pyridine rings is 2. The number of rotatable bonds is 3. The van der Waals surface area contributed by atoms with Gasteiger partial charge in [-0.25, -0.2) is 9.97 Å². The molecule has 0 radical (unpaired) electrons. The van der Waals surface area contributed by atoms with Crippen molar-refractivity contribution in [1.82, 2.24) is 19.5 Å². The lowest BCUT2D eigenvalue weighted by atomic mass is 9.68. The van der Waals surface area contributed by atoms with Crippen LogP contribution in [0.2, 0.25) is 0 Å². The standard InChI is InChI=1S/C25H26F3N5O3/c1-13-30-17-8-19(33-5-6-36-18(12-33)14-3-4-29-20(34)7-14)31-22(21(17)23(35)32(13)2)16-11-24(25(26,27)28)9-15(16)10-24/h3-4,7-8,15-16,18H,5-6,9-12H2,1-2H3,(H,29,34)/t15?,16-,18?,24?/m1/s1. The minimum atomic E-state index is -4.27. The number of aryl methyl sites for hydroxylation is 1. The van der Waals surface area contributed by atoms with Gasteiger partial charge >= 0.3 is 6.18 Å². The van der Waals surface area contributed by atoms with E-state index in [2.05, 4.69) is 9.97 Å². The zero-order chi connectivity index (χ0) is 25.4. The molecule has 3 aromatic heterocycles. The van der Waals surface area contributed by atoms with Crippen LogP contribution in [0.15, 0.2) is 34.0 Å². The fourth-order valence-corrected chi connectivity index (χ4v) is 6.21. The second-order valence-electron chi connectivity index (χ2n) is 10.3. The largest absolute Gasteiger partial charge is 0.394 e. The van der Waals surface area contributed by atoms with E-state index in [-0.39, 0.29) is 42.4 Å². The summed E-state index contributed by atoms with van der Waals surface area (Å²) in [6.07, 6.45) is -2.96. The molecular weight excluding hydrogens is 475 g/mol. The minimum absolute atomic E-state index is 0.0533. The molecule has 0 amide bonds. The van der Waals surface area contributed by atoms with Crippen molar-refractivity contribution >= 4 is 16.7 Å².